The second kappa shape index (κ2) is 6.45. The summed E-state index contributed by atoms with van der Waals surface area (Å²) in [6, 6.07) is 3.90. The van der Waals surface area contributed by atoms with Crippen LogP contribution in [-0.2, 0) is 17.6 Å². The molecule has 0 aliphatic heterocycles. The third-order valence-electron chi connectivity index (χ3n) is 8.15. The number of hydrogen-bond donors (Lipinski definition) is 0. The second-order valence-corrected chi connectivity index (χ2v) is 10.0. The van der Waals surface area contributed by atoms with Crippen molar-refractivity contribution in [2.45, 2.75) is 58.3 Å². The zero-order valence-corrected chi connectivity index (χ0v) is 17.0. The standard InChI is InChI=1S/C25H28O4/c1-13-5-21(24-18-3-2-4-19(18)25(27)29-22(24)6-13)28-12-20(26)23-16-8-14-7-15(10-16)11-17(23)9-14/h5-6,14-17,23H,2-4,7-12H2,1H3. The zero-order valence-electron chi connectivity index (χ0n) is 17.0. The number of aryl methyl sites for hydroxylation is 2. The van der Waals surface area contributed by atoms with E-state index in [1.807, 2.05) is 19.1 Å². The van der Waals surface area contributed by atoms with Crippen LogP contribution in [0, 0.1) is 36.5 Å². The van der Waals surface area contributed by atoms with E-state index in [0.717, 1.165) is 53.2 Å². The molecule has 4 fully saturated rings. The molecule has 2 aromatic rings. The summed E-state index contributed by atoms with van der Waals surface area (Å²) in [4.78, 5) is 25.5. The van der Waals surface area contributed by atoms with Crippen LogP contribution in [0.4, 0.5) is 0 Å². The molecule has 5 aliphatic carbocycles. The molecule has 0 spiro atoms. The third-order valence-corrected chi connectivity index (χ3v) is 8.15. The first-order valence-corrected chi connectivity index (χ1v) is 11.3. The molecular weight excluding hydrogens is 364 g/mol. The van der Waals surface area contributed by atoms with Crippen LogP contribution in [0.1, 0.15) is 55.2 Å². The third kappa shape index (κ3) is 2.78. The molecule has 29 heavy (non-hydrogen) atoms. The quantitative estimate of drug-likeness (QED) is 0.713. The molecule has 1 heterocycles. The minimum atomic E-state index is -0.216. The Bertz CT molecular complexity index is 1030. The normalized spacial score (nSPS) is 32.0. The van der Waals surface area contributed by atoms with Gasteiger partial charge < -0.3 is 9.15 Å². The summed E-state index contributed by atoms with van der Waals surface area (Å²) in [5.41, 5.74) is 3.21. The Morgan fingerprint density at radius 3 is 2.45 bits per heavy atom. The van der Waals surface area contributed by atoms with Crippen LogP contribution in [0.5, 0.6) is 5.75 Å². The van der Waals surface area contributed by atoms with Crippen LogP contribution in [0.3, 0.4) is 0 Å². The highest BCUT2D eigenvalue weighted by Gasteiger charge is 2.50. The highest BCUT2D eigenvalue weighted by Crippen LogP contribution is 2.56. The van der Waals surface area contributed by atoms with Crippen molar-refractivity contribution in [2.75, 3.05) is 6.61 Å². The van der Waals surface area contributed by atoms with Crippen LogP contribution >= 0.6 is 0 Å². The lowest BCUT2D eigenvalue weighted by atomic mass is 9.51. The average molecular weight is 392 g/mol. The summed E-state index contributed by atoms with van der Waals surface area (Å²) in [5.74, 6) is 4.09. The topological polar surface area (TPSA) is 56.5 Å². The maximum absolute atomic E-state index is 13.2. The molecule has 7 rings (SSSR count). The summed E-state index contributed by atoms with van der Waals surface area (Å²) in [6.45, 7) is 2.11. The van der Waals surface area contributed by atoms with Crippen molar-refractivity contribution < 1.29 is 13.9 Å². The molecule has 0 saturated heterocycles. The average Bonchev–Trinajstić information content (AvgIpc) is 3.15. The van der Waals surface area contributed by atoms with E-state index in [-0.39, 0.29) is 23.9 Å². The van der Waals surface area contributed by atoms with Gasteiger partial charge in [-0.1, -0.05) is 0 Å². The maximum atomic E-state index is 13.2. The van der Waals surface area contributed by atoms with E-state index in [4.69, 9.17) is 9.15 Å². The van der Waals surface area contributed by atoms with Crippen molar-refractivity contribution in [3.8, 4) is 5.75 Å². The first-order valence-electron chi connectivity index (χ1n) is 11.3. The van der Waals surface area contributed by atoms with E-state index in [0.29, 0.717) is 23.2 Å². The molecule has 1 aromatic carbocycles. The van der Waals surface area contributed by atoms with Crippen molar-refractivity contribution in [1.29, 1.82) is 0 Å². The van der Waals surface area contributed by atoms with Crippen LogP contribution < -0.4 is 10.4 Å². The molecule has 152 valence electrons. The van der Waals surface area contributed by atoms with E-state index in [1.165, 1.54) is 32.1 Å². The van der Waals surface area contributed by atoms with Gasteiger partial charge in [-0.25, -0.2) is 4.79 Å². The molecule has 4 bridgehead atoms. The number of carbonyl (C=O) groups excluding carboxylic acids is 1. The van der Waals surface area contributed by atoms with Crippen LogP contribution in [0.25, 0.3) is 11.0 Å². The number of ketones is 1. The lowest BCUT2D eigenvalue weighted by Crippen LogP contribution is -2.49. The van der Waals surface area contributed by atoms with Crippen LogP contribution in [-0.4, -0.2) is 12.4 Å². The first kappa shape index (κ1) is 17.7. The molecule has 1 aromatic heterocycles. The van der Waals surface area contributed by atoms with Crippen LogP contribution in [0.15, 0.2) is 21.3 Å². The number of benzene rings is 1. The van der Waals surface area contributed by atoms with E-state index < -0.39 is 0 Å². The summed E-state index contributed by atoms with van der Waals surface area (Å²) < 4.78 is 11.8. The smallest absolute Gasteiger partial charge is 0.339 e. The Labute approximate surface area is 170 Å². The van der Waals surface area contributed by atoms with E-state index in [2.05, 4.69) is 0 Å². The molecule has 0 amide bonds. The van der Waals surface area contributed by atoms with Crippen molar-refractivity contribution in [3.05, 3.63) is 39.2 Å². The summed E-state index contributed by atoms with van der Waals surface area (Å²) in [6.07, 6.45) is 9.00. The number of fused-ring (bicyclic) bond motifs is 3. The Morgan fingerprint density at radius 1 is 1.03 bits per heavy atom. The molecule has 0 unspecified atom stereocenters. The largest absolute Gasteiger partial charge is 0.485 e. The Balaban J connectivity index is 1.29. The van der Waals surface area contributed by atoms with Gasteiger partial charge in [-0.2, -0.15) is 0 Å². The van der Waals surface area contributed by atoms with Crippen molar-refractivity contribution >= 4 is 16.8 Å². The number of carbonyl (C=O) groups is 1. The van der Waals surface area contributed by atoms with Gasteiger partial charge in [0.2, 0.25) is 0 Å². The zero-order chi connectivity index (χ0) is 19.7. The summed E-state index contributed by atoms with van der Waals surface area (Å²) in [7, 11) is 0. The molecule has 4 saturated carbocycles. The second-order valence-electron chi connectivity index (χ2n) is 10.0. The number of rotatable bonds is 4. The Morgan fingerprint density at radius 2 is 1.72 bits per heavy atom. The fraction of sp³-hybridized carbons (Fsp3) is 0.600. The first-order chi connectivity index (χ1) is 14.1. The van der Waals surface area contributed by atoms with Gasteiger partial charge in [-0.05, 0) is 105 Å². The lowest BCUT2D eigenvalue weighted by Gasteiger charge is -2.53. The molecule has 5 aliphatic rings. The fourth-order valence-corrected chi connectivity index (χ4v) is 7.32. The summed E-state index contributed by atoms with van der Waals surface area (Å²) in [5, 5.41) is 0.903. The van der Waals surface area contributed by atoms with Gasteiger partial charge in [0, 0.05) is 11.5 Å². The van der Waals surface area contributed by atoms with Crippen molar-refractivity contribution in [2.24, 2.45) is 29.6 Å². The van der Waals surface area contributed by atoms with Crippen molar-refractivity contribution in [3.63, 3.8) is 0 Å². The van der Waals surface area contributed by atoms with Gasteiger partial charge in [-0.15, -0.1) is 0 Å². The molecule has 4 nitrogen and oxygen atoms in total. The lowest BCUT2D eigenvalue weighted by molar-refractivity contribution is -0.137. The Hall–Kier alpha value is -2.10. The van der Waals surface area contributed by atoms with E-state index >= 15 is 0 Å². The van der Waals surface area contributed by atoms with Gasteiger partial charge >= 0.3 is 5.63 Å². The van der Waals surface area contributed by atoms with E-state index in [1.54, 1.807) is 0 Å². The van der Waals surface area contributed by atoms with Crippen LogP contribution in [0.2, 0.25) is 0 Å². The minimum Gasteiger partial charge on any atom is -0.485 e. The molecule has 0 N–H and O–H groups in total. The maximum Gasteiger partial charge on any atom is 0.339 e. The number of Topliss-reactive ketones (excluding diaryl/α,β-unsaturated/α-hetero) is 1. The number of hydrogen-bond acceptors (Lipinski definition) is 4. The molecule has 4 heteroatoms. The predicted molar refractivity (Wildman–Crippen MR) is 110 cm³/mol. The molecular formula is C25H28O4. The van der Waals surface area contributed by atoms with Gasteiger partial charge in [0.1, 0.15) is 17.9 Å². The predicted octanol–water partition coefficient (Wildman–Crippen LogP) is 4.61. The van der Waals surface area contributed by atoms with Gasteiger partial charge in [0.15, 0.2) is 5.78 Å². The summed E-state index contributed by atoms with van der Waals surface area (Å²) >= 11 is 0. The van der Waals surface area contributed by atoms with Gasteiger partial charge in [0.05, 0.1) is 5.39 Å². The highest BCUT2D eigenvalue weighted by molar-refractivity contribution is 5.90. The fourth-order valence-electron chi connectivity index (χ4n) is 7.32. The SMILES string of the molecule is Cc1cc(OCC(=O)C2C3CC4CC(C3)CC2C4)c2c3c(c(=O)oc2c1)CCC3. The van der Waals surface area contributed by atoms with E-state index in [9.17, 15) is 9.59 Å². The van der Waals surface area contributed by atoms with Gasteiger partial charge in [-0.3, -0.25) is 4.79 Å². The number of ether oxygens (including phenoxy) is 1. The molecule has 0 radical (unpaired) electrons. The Kier molecular flexibility index (Phi) is 3.94. The van der Waals surface area contributed by atoms with Gasteiger partial charge in [0.25, 0.3) is 0 Å². The monoisotopic (exact) mass is 392 g/mol. The molecule has 0 atom stereocenters. The van der Waals surface area contributed by atoms with Crippen molar-refractivity contribution in [1.82, 2.24) is 0 Å². The highest BCUT2D eigenvalue weighted by atomic mass is 16.5. The minimum absolute atomic E-state index is 0.138.